The number of aromatic nitrogens is 8. The van der Waals surface area contributed by atoms with Gasteiger partial charge in [-0.05, 0) is 54.5 Å². The van der Waals surface area contributed by atoms with Crippen LogP contribution in [0.4, 0.5) is 0 Å². The minimum absolute atomic E-state index is 0.200. The number of carboxylic acid groups (broad SMARTS) is 1. The van der Waals surface area contributed by atoms with E-state index in [9.17, 15) is 14.7 Å². The van der Waals surface area contributed by atoms with Crippen LogP contribution in [0.2, 0.25) is 0 Å². The predicted octanol–water partition coefficient (Wildman–Crippen LogP) is 4.99. The summed E-state index contributed by atoms with van der Waals surface area (Å²) in [6, 6.07) is 16.0. The Kier molecular flexibility index (Phi) is 10.0. The first-order valence-electron chi connectivity index (χ1n) is 15.1. The van der Waals surface area contributed by atoms with Crippen LogP contribution in [0.3, 0.4) is 0 Å². The fourth-order valence-corrected chi connectivity index (χ4v) is 5.21. The summed E-state index contributed by atoms with van der Waals surface area (Å²) in [7, 11) is 0. The van der Waals surface area contributed by atoms with Crippen molar-refractivity contribution in [3.63, 3.8) is 0 Å². The summed E-state index contributed by atoms with van der Waals surface area (Å²) in [4.78, 5) is 38.9. The molecule has 0 radical (unpaired) electrons. The summed E-state index contributed by atoms with van der Waals surface area (Å²) in [5.74, 6) is 0.321. The molecule has 3 aromatic heterocycles. The number of ether oxygens (including phenoxy) is 1. The van der Waals surface area contributed by atoms with Crippen LogP contribution in [0, 0.1) is 12.8 Å². The molecule has 0 aliphatic rings. The first-order chi connectivity index (χ1) is 21.9. The third-order valence-corrected chi connectivity index (χ3v) is 7.75. The SMILES string of the molecule is CCCCc1nc(C)n(-c2ncc(OCCC(CC)C(=O)O)cn2)c(=O)c1Cc1ccc(-c2ccccc2-c2nn[nH]n2)cc1. The normalized spacial score (nSPS) is 11.8. The highest BCUT2D eigenvalue weighted by Gasteiger charge is 2.19. The van der Waals surface area contributed by atoms with Gasteiger partial charge >= 0.3 is 5.97 Å². The molecule has 0 spiro atoms. The number of carbonyl (C=O) groups is 1. The molecular weight excluding hydrogens is 572 g/mol. The third-order valence-electron chi connectivity index (χ3n) is 7.75. The molecule has 12 nitrogen and oxygen atoms in total. The van der Waals surface area contributed by atoms with E-state index < -0.39 is 11.9 Å². The minimum atomic E-state index is -0.838. The maximum atomic E-state index is 14.0. The lowest BCUT2D eigenvalue weighted by atomic mass is 9.96. The van der Waals surface area contributed by atoms with Crippen molar-refractivity contribution in [2.45, 2.75) is 59.3 Å². The molecule has 232 valence electrons. The summed E-state index contributed by atoms with van der Waals surface area (Å²) < 4.78 is 7.11. The van der Waals surface area contributed by atoms with Crippen molar-refractivity contribution < 1.29 is 14.6 Å². The summed E-state index contributed by atoms with van der Waals surface area (Å²) >= 11 is 0. The van der Waals surface area contributed by atoms with Gasteiger partial charge in [0.05, 0.1) is 30.6 Å². The van der Waals surface area contributed by atoms with Gasteiger partial charge in [0.1, 0.15) is 5.82 Å². The van der Waals surface area contributed by atoms with Gasteiger partial charge in [0.15, 0.2) is 5.75 Å². The first-order valence-corrected chi connectivity index (χ1v) is 15.1. The molecular formula is C33H36N8O4. The number of H-pyrrole nitrogens is 1. The highest BCUT2D eigenvalue weighted by molar-refractivity contribution is 5.80. The Morgan fingerprint density at radius 2 is 1.78 bits per heavy atom. The second kappa shape index (κ2) is 14.5. The molecule has 2 N–H and O–H groups in total. The van der Waals surface area contributed by atoms with E-state index in [0.29, 0.717) is 48.6 Å². The van der Waals surface area contributed by atoms with E-state index in [0.717, 1.165) is 40.8 Å². The average Bonchev–Trinajstić information content (AvgIpc) is 3.60. The smallest absolute Gasteiger partial charge is 0.306 e. The molecule has 12 heteroatoms. The fourth-order valence-electron chi connectivity index (χ4n) is 5.21. The van der Waals surface area contributed by atoms with Crippen molar-refractivity contribution in [2.24, 2.45) is 5.92 Å². The highest BCUT2D eigenvalue weighted by atomic mass is 16.5. The topological polar surface area (TPSA) is 162 Å². The Morgan fingerprint density at radius 3 is 2.42 bits per heavy atom. The lowest BCUT2D eigenvalue weighted by Gasteiger charge is -2.15. The van der Waals surface area contributed by atoms with Crippen LogP contribution in [-0.2, 0) is 17.6 Å². The van der Waals surface area contributed by atoms with Crippen molar-refractivity contribution >= 4 is 5.97 Å². The number of rotatable bonds is 14. The molecule has 1 atom stereocenters. The quantitative estimate of drug-likeness (QED) is 0.176. The van der Waals surface area contributed by atoms with Gasteiger partial charge < -0.3 is 9.84 Å². The van der Waals surface area contributed by atoms with E-state index in [4.69, 9.17) is 9.72 Å². The van der Waals surface area contributed by atoms with Crippen LogP contribution in [0.15, 0.2) is 65.7 Å². The number of aliphatic carboxylic acids is 1. The Labute approximate surface area is 260 Å². The molecule has 45 heavy (non-hydrogen) atoms. The van der Waals surface area contributed by atoms with E-state index in [1.165, 1.54) is 17.0 Å². The second-order valence-corrected chi connectivity index (χ2v) is 10.8. The molecule has 1 unspecified atom stereocenters. The van der Waals surface area contributed by atoms with Gasteiger partial charge in [-0.25, -0.2) is 19.5 Å². The number of aryl methyl sites for hydroxylation is 2. The number of carboxylic acids is 1. The molecule has 3 heterocycles. The van der Waals surface area contributed by atoms with Crippen LogP contribution >= 0.6 is 0 Å². The minimum Gasteiger partial charge on any atom is -0.490 e. The summed E-state index contributed by atoms with van der Waals surface area (Å²) in [5, 5.41) is 23.7. The Balaban J connectivity index is 1.40. The molecule has 0 bridgehead atoms. The fraction of sp³-hybridized carbons (Fsp3) is 0.333. The van der Waals surface area contributed by atoms with Gasteiger partial charge in [-0.15, -0.1) is 10.2 Å². The van der Waals surface area contributed by atoms with Crippen LogP contribution < -0.4 is 10.3 Å². The van der Waals surface area contributed by atoms with Crippen molar-refractivity contribution in [1.82, 2.24) is 40.1 Å². The Morgan fingerprint density at radius 1 is 1.04 bits per heavy atom. The van der Waals surface area contributed by atoms with Gasteiger partial charge in [0, 0.05) is 17.5 Å². The average molecular weight is 609 g/mol. The molecule has 5 rings (SSSR count). The Hall–Kier alpha value is -5.26. The van der Waals surface area contributed by atoms with E-state index in [2.05, 4.69) is 37.5 Å². The van der Waals surface area contributed by atoms with Gasteiger partial charge in [-0.1, -0.05) is 68.8 Å². The van der Waals surface area contributed by atoms with Gasteiger partial charge in [0.25, 0.3) is 5.56 Å². The van der Waals surface area contributed by atoms with E-state index in [1.54, 1.807) is 6.92 Å². The maximum absolute atomic E-state index is 14.0. The van der Waals surface area contributed by atoms with Gasteiger partial charge in [-0.2, -0.15) is 5.21 Å². The van der Waals surface area contributed by atoms with E-state index >= 15 is 0 Å². The summed E-state index contributed by atoms with van der Waals surface area (Å²) in [6.45, 7) is 5.95. The number of nitrogens with zero attached hydrogens (tertiary/aromatic N) is 7. The third kappa shape index (κ3) is 7.28. The zero-order valence-corrected chi connectivity index (χ0v) is 25.6. The van der Waals surface area contributed by atoms with E-state index in [1.807, 2.05) is 55.5 Å². The maximum Gasteiger partial charge on any atom is 0.306 e. The van der Waals surface area contributed by atoms with E-state index in [-0.39, 0.29) is 18.1 Å². The van der Waals surface area contributed by atoms with Crippen LogP contribution in [0.1, 0.15) is 62.2 Å². The zero-order valence-electron chi connectivity index (χ0n) is 25.6. The molecule has 0 saturated heterocycles. The van der Waals surface area contributed by atoms with Crippen LogP contribution in [0.5, 0.6) is 5.75 Å². The monoisotopic (exact) mass is 608 g/mol. The molecule has 2 aromatic carbocycles. The van der Waals surface area contributed by atoms with Crippen LogP contribution in [0.25, 0.3) is 28.5 Å². The summed E-state index contributed by atoms with van der Waals surface area (Å²) in [6.07, 6.45) is 6.89. The van der Waals surface area contributed by atoms with Gasteiger partial charge in [-0.3, -0.25) is 9.59 Å². The molecule has 0 aliphatic carbocycles. The lowest BCUT2D eigenvalue weighted by molar-refractivity contribution is -0.142. The molecule has 5 aromatic rings. The van der Waals surface area contributed by atoms with Crippen LogP contribution in [-0.4, -0.2) is 57.8 Å². The first kappa shape index (κ1) is 31.2. The predicted molar refractivity (Wildman–Crippen MR) is 168 cm³/mol. The lowest BCUT2D eigenvalue weighted by Crippen LogP contribution is -2.29. The number of aromatic amines is 1. The molecule has 0 aliphatic heterocycles. The molecule has 0 amide bonds. The number of tetrazole rings is 1. The van der Waals surface area contributed by atoms with Gasteiger partial charge in [0.2, 0.25) is 11.8 Å². The number of benzene rings is 2. The number of hydrogen-bond donors (Lipinski definition) is 2. The number of hydrogen-bond acceptors (Lipinski definition) is 9. The zero-order chi connectivity index (χ0) is 31.8. The number of unbranched alkanes of at least 4 members (excludes halogenated alkanes) is 1. The second-order valence-electron chi connectivity index (χ2n) is 10.8. The van der Waals surface area contributed by atoms with Crippen molar-refractivity contribution in [3.8, 4) is 34.2 Å². The van der Waals surface area contributed by atoms with Crippen molar-refractivity contribution in [2.75, 3.05) is 6.61 Å². The highest BCUT2D eigenvalue weighted by Crippen LogP contribution is 2.30. The molecule has 0 saturated carbocycles. The number of nitrogens with one attached hydrogen (secondary N) is 1. The van der Waals surface area contributed by atoms with Crippen molar-refractivity contribution in [3.05, 3.63) is 93.9 Å². The van der Waals surface area contributed by atoms with Crippen molar-refractivity contribution in [1.29, 1.82) is 0 Å². The largest absolute Gasteiger partial charge is 0.490 e. The molecule has 0 fully saturated rings. The standard InChI is InChI=1S/C33H36N8O4/c1-4-6-11-29-28(18-22-12-14-24(15-13-22)26-9-7-8-10-27(26)30-37-39-40-38-30)31(42)41(21(3)36-29)33-34-19-25(20-35-33)45-17-16-23(5-2)32(43)44/h7-10,12-15,19-20,23H,4-6,11,16-18H2,1-3H3,(H,43,44)(H,37,38,39,40). The summed E-state index contributed by atoms with van der Waals surface area (Å²) in [5.41, 5.74) is 5.00. The Bertz CT molecular complexity index is 1790.